The minimum atomic E-state index is -0.716. The Balaban J connectivity index is 2.00. The van der Waals surface area contributed by atoms with E-state index in [9.17, 15) is 14.7 Å². The maximum absolute atomic E-state index is 13.3. The first kappa shape index (κ1) is 28.7. The van der Waals surface area contributed by atoms with E-state index < -0.39 is 29.4 Å². The van der Waals surface area contributed by atoms with Crippen LogP contribution in [0.15, 0.2) is 28.9 Å². The summed E-state index contributed by atoms with van der Waals surface area (Å²) >= 11 is 7.82. The van der Waals surface area contributed by atoms with Crippen molar-refractivity contribution in [3.05, 3.63) is 45.8 Å². The van der Waals surface area contributed by atoms with Crippen molar-refractivity contribution in [2.24, 2.45) is 0 Å². The van der Waals surface area contributed by atoms with Gasteiger partial charge in [0.15, 0.2) is 0 Å². The number of aryl methyl sites for hydroxylation is 1. The summed E-state index contributed by atoms with van der Waals surface area (Å²) in [5.74, 6) is 0.572. The zero-order valence-electron chi connectivity index (χ0n) is 22.2. The molecule has 0 unspecified atom stereocenters. The molecule has 3 heterocycles. The van der Waals surface area contributed by atoms with Crippen molar-refractivity contribution >= 4 is 51.0 Å². The van der Waals surface area contributed by atoms with E-state index in [1.54, 1.807) is 59.7 Å². The Morgan fingerprint density at radius 1 is 1.22 bits per heavy atom. The monoisotopic (exact) mass is 551 g/mol. The zero-order chi connectivity index (χ0) is 27.5. The molecular formula is C26H34ClN3O6S. The number of alkyl carbamates (subject to hydrolysis) is 1. The van der Waals surface area contributed by atoms with Crippen molar-refractivity contribution < 1.29 is 28.6 Å². The first-order valence-corrected chi connectivity index (χ1v) is 13.1. The second kappa shape index (κ2) is 11.3. The number of carbonyl (C=O) groups excluding carboxylic acids is 2. The number of aliphatic hydroxyl groups is 1. The molecule has 3 aromatic rings. The van der Waals surface area contributed by atoms with Gasteiger partial charge in [-0.3, -0.25) is 4.90 Å². The molecule has 11 heteroatoms. The number of rotatable bonds is 7. The van der Waals surface area contributed by atoms with Gasteiger partial charge < -0.3 is 24.3 Å². The number of amides is 2. The van der Waals surface area contributed by atoms with Crippen LogP contribution >= 0.6 is 22.9 Å². The number of thiophene rings is 1. The van der Waals surface area contributed by atoms with Gasteiger partial charge in [-0.2, -0.15) is 0 Å². The van der Waals surface area contributed by atoms with Gasteiger partial charge in [-0.15, -0.1) is 11.3 Å². The van der Waals surface area contributed by atoms with E-state index in [-0.39, 0.29) is 18.3 Å². The number of carbonyl (C=O) groups is 2. The highest BCUT2D eigenvalue weighted by atomic mass is 35.5. The third kappa shape index (κ3) is 7.83. The predicted octanol–water partition coefficient (Wildman–Crippen LogP) is 6.22. The van der Waals surface area contributed by atoms with Crippen LogP contribution in [0.3, 0.4) is 0 Å². The summed E-state index contributed by atoms with van der Waals surface area (Å²) in [4.78, 5) is 32.4. The molecule has 0 fully saturated rings. The average molecular weight is 552 g/mol. The van der Waals surface area contributed by atoms with E-state index in [0.717, 1.165) is 15.1 Å². The standard InChI is InChI=1S/C26H34ClN3O6S/c1-15-19(11-16(14-31)28-23(32)35-25(2,3)4)37-22-18(12-20(27)29-21(15)22)30(13-17-9-8-10-34-17)24(33)36-26(5,6)7/h8-10,12,16,31H,11,13-14H2,1-7H3,(H,28,32)/t16-/m1/s1. The number of halogens is 1. The average Bonchev–Trinajstić information content (AvgIpc) is 3.37. The highest BCUT2D eigenvalue weighted by Gasteiger charge is 2.29. The summed E-state index contributed by atoms with van der Waals surface area (Å²) in [6, 6.07) is 4.57. The molecule has 1 atom stereocenters. The molecule has 0 aliphatic heterocycles. The van der Waals surface area contributed by atoms with Crippen LogP contribution in [0.2, 0.25) is 5.15 Å². The van der Waals surface area contributed by atoms with Crippen molar-refractivity contribution in [1.82, 2.24) is 10.3 Å². The molecule has 3 rings (SSSR count). The molecule has 0 radical (unpaired) electrons. The van der Waals surface area contributed by atoms with Crippen LogP contribution in [-0.4, -0.2) is 46.1 Å². The van der Waals surface area contributed by atoms with Gasteiger partial charge in [0.05, 0.1) is 41.4 Å². The van der Waals surface area contributed by atoms with Crippen LogP contribution in [0.4, 0.5) is 15.3 Å². The van der Waals surface area contributed by atoms with Crippen LogP contribution < -0.4 is 10.2 Å². The Morgan fingerprint density at radius 3 is 2.46 bits per heavy atom. The molecular weight excluding hydrogens is 518 g/mol. The number of hydrogen-bond acceptors (Lipinski definition) is 8. The number of ether oxygens (including phenoxy) is 2. The van der Waals surface area contributed by atoms with E-state index in [1.807, 2.05) is 6.92 Å². The normalized spacial score (nSPS) is 12.9. The van der Waals surface area contributed by atoms with Gasteiger partial charge in [-0.1, -0.05) is 11.6 Å². The van der Waals surface area contributed by atoms with E-state index in [4.69, 9.17) is 25.5 Å². The van der Waals surface area contributed by atoms with Crippen molar-refractivity contribution in [1.29, 1.82) is 0 Å². The van der Waals surface area contributed by atoms with Gasteiger partial charge in [0.2, 0.25) is 0 Å². The minimum Gasteiger partial charge on any atom is -0.467 e. The molecule has 2 amide bonds. The number of pyridine rings is 1. The van der Waals surface area contributed by atoms with Crippen molar-refractivity contribution in [2.45, 2.75) is 78.7 Å². The Labute approximate surface area is 225 Å². The number of fused-ring (bicyclic) bond motifs is 1. The lowest BCUT2D eigenvalue weighted by molar-refractivity contribution is 0.0482. The van der Waals surface area contributed by atoms with Crippen LogP contribution in [0, 0.1) is 6.92 Å². The molecule has 0 saturated heterocycles. The lowest BCUT2D eigenvalue weighted by atomic mass is 10.1. The van der Waals surface area contributed by atoms with Crippen LogP contribution in [0.1, 0.15) is 57.7 Å². The van der Waals surface area contributed by atoms with Gasteiger partial charge in [0.1, 0.15) is 22.1 Å². The zero-order valence-corrected chi connectivity index (χ0v) is 23.7. The van der Waals surface area contributed by atoms with Crippen LogP contribution in [-0.2, 0) is 22.4 Å². The summed E-state index contributed by atoms with van der Waals surface area (Å²) in [5, 5.41) is 12.9. The fourth-order valence-electron chi connectivity index (χ4n) is 3.55. The molecule has 9 nitrogen and oxygen atoms in total. The van der Waals surface area contributed by atoms with Crippen molar-refractivity contribution in [2.75, 3.05) is 11.5 Å². The summed E-state index contributed by atoms with van der Waals surface area (Å²) < 4.78 is 17.2. The smallest absolute Gasteiger partial charge is 0.415 e. The topological polar surface area (TPSA) is 114 Å². The number of aromatic nitrogens is 1. The second-order valence-electron chi connectivity index (χ2n) is 10.7. The van der Waals surface area contributed by atoms with E-state index in [1.165, 1.54) is 22.5 Å². The number of furan rings is 1. The Kier molecular flexibility index (Phi) is 8.77. The fraction of sp³-hybridized carbons (Fsp3) is 0.500. The maximum atomic E-state index is 13.3. The van der Waals surface area contributed by atoms with Gasteiger partial charge in [-0.05, 0) is 66.2 Å². The number of nitrogens with zero attached hydrogens (tertiary/aromatic N) is 2. The Bertz CT molecular complexity index is 1240. The molecule has 0 bridgehead atoms. The third-order valence-corrected chi connectivity index (χ3v) is 6.61. The van der Waals surface area contributed by atoms with E-state index >= 15 is 0 Å². The Morgan fingerprint density at radius 2 is 1.89 bits per heavy atom. The summed E-state index contributed by atoms with van der Waals surface area (Å²) in [6.45, 7) is 12.4. The molecule has 0 saturated carbocycles. The lowest BCUT2D eigenvalue weighted by Crippen LogP contribution is -2.42. The van der Waals surface area contributed by atoms with E-state index in [0.29, 0.717) is 23.4 Å². The quantitative estimate of drug-likeness (QED) is 0.335. The van der Waals surface area contributed by atoms with Crippen molar-refractivity contribution in [3.8, 4) is 0 Å². The largest absolute Gasteiger partial charge is 0.467 e. The number of aliphatic hydroxyl groups excluding tert-OH is 1. The summed E-state index contributed by atoms with van der Waals surface area (Å²) in [5.41, 5.74) is 0.624. The SMILES string of the molecule is Cc1c(C[C@H](CO)NC(=O)OC(C)(C)C)sc2c(N(Cc3ccco3)C(=O)OC(C)(C)C)cc(Cl)nc12. The molecule has 0 aromatic carbocycles. The first-order chi connectivity index (χ1) is 17.2. The molecule has 0 aliphatic carbocycles. The van der Waals surface area contributed by atoms with Gasteiger partial charge in [0.25, 0.3) is 0 Å². The first-order valence-electron chi connectivity index (χ1n) is 11.9. The third-order valence-electron chi connectivity index (χ3n) is 5.09. The number of hydrogen-bond donors (Lipinski definition) is 2. The second-order valence-corrected chi connectivity index (χ2v) is 12.2. The van der Waals surface area contributed by atoms with Gasteiger partial charge in [-0.25, -0.2) is 14.6 Å². The van der Waals surface area contributed by atoms with Gasteiger partial charge >= 0.3 is 12.2 Å². The highest BCUT2D eigenvalue weighted by Crippen LogP contribution is 2.39. The molecule has 202 valence electrons. The molecule has 37 heavy (non-hydrogen) atoms. The molecule has 0 spiro atoms. The lowest BCUT2D eigenvalue weighted by Gasteiger charge is -2.27. The van der Waals surface area contributed by atoms with E-state index in [2.05, 4.69) is 10.3 Å². The number of anilines is 1. The maximum Gasteiger partial charge on any atom is 0.415 e. The minimum absolute atomic E-state index is 0.128. The van der Waals surface area contributed by atoms with Crippen molar-refractivity contribution in [3.63, 3.8) is 0 Å². The molecule has 2 N–H and O–H groups in total. The fourth-order valence-corrected chi connectivity index (χ4v) is 5.09. The summed E-state index contributed by atoms with van der Waals surface area (Å²) in [7, 11) is 0. The molecule has 3 aromatic heterocycles. The summed E-state index contributed by atoms with van der Waals surface area (Å²) in [6.07, 6.45) is 0.712. The highest BCUT2D eigenvalue weighted by molar-refractivity contribution is 7.19. The molecule has 0 aliphatic rings. The number of nitrogens with one attached hydrogen (secondary N) is 1. The van der Waals surface area contributed by atoms with Gasteiger partial charge in [0, 0.05) is 17.4 Å². The Hall–Kier alpha value is -2.82. The van der Waals surface area contributed by atoms with Crippen LogP contribution in [0.5, 0.6) is 0 Å². The predicted molar refractivity (Wildman–Crippen MR) is 144 cm³/mol. The van der Waals surface area contributed by atoms with Crippen LogP contribution in [0.25, 0.3) is 10.2 Å².